The summed E-state index contributed by atoms with van der Waals surface area (Å²) in [5.41, 5.74) is 6.84. The van der Waals surface area contributed by atoms with Gasteiger partial charge in [0.1, 0.15) is 11.5 Å². The van der Waals surface area contributed by atoms with Gasteiger partial charge >= 0.3 is 0 Å². The quantitative estimate of drug-likeness (QED) is 0.0487. The van der Waals surface area contributed by atoms with E-state index in [2.05, 4.69) is 180 Å². The number of unbranched alkanes of at least 4 members (excludes halogenated alkanes) is 15. The van der Waals surface area contributed by atoms with E-state index in [-0.39, 0.29) is 0 Å². The molecule has 0 amide bonds. The first-order valence-electron chi connectivity index (χ1n) is 22.1. The molecule has 0 saturated carbocycles. The van der Waals surface area contributed by atoms with Gasteiger partial charge in [0.25, 0.3) is 0 Å². The van der Waals surface area contributed by atoms with Crippen LogP contribution in [0.25, 0.3) is 0 Å². The first-order chi connectivity index (χ1) is 28.8. The molecule has 0 aliphatic rings. The summed E-state index contributed by atoms with van der Waals surface area (Å²) in [4.78, 5) is 4.55. The molecule has 4 nitrogen and oxygen atoms in total. The van der Waals surface area contributed by atoms with E-state index in [1.165, 1.54) is 89.9 Å². The Hall–Kier alpha value is -5.48. The first-order valence-corrected chi connectivity index (χ1v) is 22.1. The van der Waals surface area contributed by atoms with Crippen LogP contribution in [0, 0.1) is 0 Å². The van der Waals surface area contributed by atoms with Gasteiger partial charge in [-0.15, -0.1) is 0 Å². The maximum absolute atomic E-state index is 6.10. The second-order valence-corrected chi connectivity index (χ2v) is 15.4. The Labute approximate surface area is 349 Å². The molecule has 302 valence electrons. The van der Waals surface area contributed by atoms with Crippen molar-refractivity contribution in [3.63, 3.8) is 0 Å². The second-order valence-electron chi connectivity index (χ2n) is 15.4. The monoisotopic (exact) mass is 772 g/mol. The normalized spacial score (nSPS) is 11.0. The van der Waals surface area contributed by atoms with Gasteiger partial charge in [0, 0.05) is 34.1 Å². The fraction of sp³-hybridized carbons (Fsp3) is 0.333. The van der Waals surface area contributed by atoms with Crippen molar-refractivity contribution in [1.82, 2.24) is 0 Å². The molecule has 0 bridgehead atoms. The highest BCUT2D eigenvalue weighted by molar-refractivity contribution is 5.77. The molecule has 0 atom stereocenters. The van der Waals surface area contributed by atoms with E-state index in [4.69, 9.17) is 9.47 Å². The van der Waals surface area contributed by atoms with Gasteiger partial charge in [-0.25, -0.2) is 0 Å². The molecule has 0 spiro atoms. The van der Waals surface area contributed by atoms with Gasteiger partial charge in [0.15, 0.2) is 0 Å². The summed E-state index contributed by atoms with van der Waals surface area (Å²) in [5.74, 6) is 1.89. The number of rotatable bonds is 27. The summed E-state index contributed by atoms with van der Waals surface area (Å²) >= 11 is 0. The predicted molar refractivity (Wildman–Crippen MR) is 247 cm³/mol. The van der Waals surface area contributed by atoms with Crippen LogP contribution in [0.5, 0.6) is 11.5 Å². The molecule has 0 N–H and O–H groups in total. The molecule has 6 rings (SSSR count). The van der Waals surface area contributed by atoms with E-state index in [1.807, 2.05) is 0 Å². The van der Waals surface area contributed by atoms with Crippen LogP contribution in [0.4, 0.5) is 34.1 Å². The van der Waals surface area contributed by atoms with Crippen LogP contribution in [0.3, 0.4) is 0 Å². The lowest BCUT2D eigenvalue weighted by molar-refractivity contribution is 0.304. The standard InChI is InChI=1S/C54H64N2O2/c1(3-5-7-9-11-13-27-45-57-53-41-37-51(38-42-53)55(47-29-19-15-20-30-47)48-31-21-16-22-32-48)2-4-6-8-10-12-14-28-46-58-54-43-39-52(40-44-54)56(49-33-23-17-24-34-49)50-35-25-18-26-36-50/h15-26,29-44H,1-14,27-28,45-46H2. The summed E-state index contributed by atoms with van der Waals surface area (Å²) in [6, 6.07) is 59.1. The first kappa shape index (κ1) is 42.1. The third kappa shape index (κ3) is 14.2. The summed E-state index contributed by atoms with van der Waals surface area (Å²) in [7, 11) is 0. The Balaban J connectivity index is 0.718. The van der Waals surface area contributed by atoms with Gasteiger partial charge in [-0.1, -0.05) is 163 Å². The van der Waals surface area contributed by atoms with Gasteiger partial charge in [-0.2, -0.15) is 0 Å². The minimum absolute atomic E-state index is 0.787. The Morgan fingerprint density at radius 1 is 0.224 bits per heavy atom. The highest BCUT2D eigenvalue weighted by atomic mass is 16.5. The lowest BCUT2D eigenvalue weighted by atomic mass is 10.0. The van der Waals surface area contributed by atoms with Gasteiger partial charge in [-0.3, -0.25) is 0 Å². The third-order valence-electron chi connectivity index (χ3n) is 10.8. The van der Waals surface area contributed by atoms with Crippen molar-refractivity contribution in [2.45, 2.75) is 103 Å². The van der Waals surface area contributed by atoms with E-state index < -0.39 is 0 Å². The SMILES string of the molecule is c1ccc(N(c2ccccc2)c2ccc(OCCCCCCCCCCCCCCCCCCOc3ccc(N(c4ccccc4)c4ccccc4)cc3)cc2)cc1. The van der Waals surface area contributed by atoms with Crippen LogP contribution >= 0.6 is 0 Å². The molecule has 0 radical (unpaired) electrons. The molecular formula is C54H64N2O2. The number of anilines is 6. The molecule has 0 heterocycles. The summed E-state index contributed by atoms with van der Waals surface area (Å²) < 4.78 is 12.2. The molecule has 4 heteroatoms. The average molecular weight is 773 g/mol. The fourth-order valence-corrected chi connectivity index (χ4v) is 7.64. The van der Waals surface area contributed by atoms with Crippen LogP contribution in [-0.4, -0.2) is 13.2 Å². The van der Waals surface area contributed by atoms with Crippen molar-refractivity contribution in [2.24, 2.45) is 0 Å². The number of hydrogen-bond donors (Lipinski definition) is 0. The Morgan fingerprint density at radius 3 is 0.672 bits per heavy atom. The molecule has 0 saturated heterocycles. The van der Waals surface area contributed by atoms with Crippen molar-refractivity contribution in [2.75, 3.05) is 23.0 Å². The van der Waals surface area contributed by atoms with Crippen LogP contribution in [0.1, 0.15) is 103 Å². The maximum atomic E-state index is 6.10. The summed E-state index contributed by atoms with van der Waals surface area (Å²) in [5, 5.41) is 0. The zero-order chi connectivity index (χ0) is 39.7. The average Bonchev–Trinajstić information content (AvgIpc) is 3.28. The highest BCUT2D eigenvalue weighted by Crippen LogP contribution is 2.36. The van der Waals surface area contributed by atoms with E-state index in [9.17, 15) is 0 Å². The third-order valence-corrected chi connectivity index (χ3v) is 10.8. The summed E-state index contributed by atoms with van der Waals surface area (Å²) in [6.45, 7) is 1.57. The van der Waals surface area contributed by atoms with Crippen LogP contribution in [0.15, 0.2) is 170 Å². The molecule has 6 aromatic rings. The van der Waals surface area contributed by atoms with E-state index in [0.29, 0.717) is 0 Å². The van der Waals surface area contributed by atoms with Crippen molar-refractivity contribution in [3.05, 3.63) is 170 Å². The molecule has 0 unspecified atom stereocenters. The number of hydrogen-bond acceptors (Lipinski definition) is 4. The van der Waals surface area contributed by atoms with Gasteiger partial charge < -0.3 is 19.3 Å². The van der Waals surface area contributed by atoms with Crippen molar-refractivity contribution < 1.29 is 9.47 Å². The van der Waals surface area contributed by atoms with Crippen molar-refractivity contribution >= 4 is 34.1 Å². The zero-order valence-electron chi connectivity index (χ0n) is 34.6. The fourth-order valence-electron chi connectivity index (χ4n) is 7.64. The largest absolute Gasteiger partial charge is 0.494 e. The zero-order valence-corrected chi connectivity index (χ0v) is 34.6. The van der Waals surface area contributed by atoms with Crippen LogP contribution in [-0.2, 0) is 0 Å². The lowest BCUT2D eigenvalue weighted by Gasteiger charge is -2.25. The Morgan fingerprint density at radius 2 is 0.431 bits per heavy atom. The molecule has 6 aromatic carbocycles. The lowest BCUT2D eigenvalue weighted by Crippen LogP contribution is -2.09. The van der Waals surface area contributed by atoms with Gasteiger partial charge in [0.05, 0.1) is 13.2 Å². The minimum atomic E-state index is 0.787. The van der Waals surface area contributed by atoms with Gasteiger partial charge in [0.2, 0.25) is 0 Å². The Kier molecular flexibility index (Phi) is 18.2. The van der Waals surface area contributed by atoms with Gasteiger partial charge in [-0.05, 0) is 110 Å². The van der Waals surface area contributed by atoms with Crippen molar-refractivity contribution in [1.29, 1.82) is 0 Å². The number of ether oxygens (including phenoxy) is 2. The van der Waals surface area contributed by atoms with Crippen LogP contribution < -0.4 is 19.3 Å². The number of nitrogens with zero attached hydrogens (tertiary/aromatic N) is 2. The van der Waals surface area contributed by atoms with Crippen molar-refractivity contribution in [3.8, 4) is 11.5 Å². The summed E-state index contributed by atoms with van der Waals surface area (Å²) in [6.07, 6.45) is 21.2. The Bertz CT molecular complexity index is 1690. The molecule has 0 aliphatic carbocycles. The molecule has 0 aromatic heterocycles. The predicted octanol–water partition coefficient (Wildman–Crippen LogP) is 16.3. The minimum Gasteiger partial charge on any atom is -0.494 e. The smallest absolute Gasteiger partial charge is 0.119 e. The highest BCUT2D eigenvalue weighted by Gasteiger charge is 2.13. The van der Waals surface area contributed by atoms with E-state index in [1.54, 1.807) is 0 Å². The number of benzene rings is 6. The number of para-hydroxylation sites is 4. The molecule has 0 aliphatic heterocycles. The van der Waals surface area contributed by atoms with Crippen LogP contribution in [0.2, 0.25) is 0 Å². The maximum Gasteiger partial charge on any atom is 0.119 e. The molecule has 0 fully saturated rings. The van der Waals surface area contributed by atoms with E-state index in [0.717, 1.165) is 71.7 Å². The topological polar surface area (TPSA) is 24.9 Å². The second kappa shape index (κ2) is 25.0. The van der Waals surface area contributed by atoms with E-state index >= 15 is 0 Å². The molecular weight excluding hydrogens is 709 g/mol. The molecule has 58 heavy (non-hydrogen) atoms.